The first-order chi connectivity index (χ1) is 8.61. The summed E-state index contributed by atoms with van der Waals surface area (Å²) in [5.41, 5.74) is 5.34. The van der Waals surface area contributed by atoms with Crippen LogP contribution in [0.2, 0.25) is 0 Å². The molecule has 1 heteroatoms. The highest BCUT2D eigenvalue weighted by Crippen LogP contribution is 2.43. The van der Waals surface area contributed by atoms with Crippen LogP contribution in [-0.2, 0) is 5.41 Å². The maximum atomic E-state index is 3.63. The van der Waals surface area contributed by atoms with E-state index in [0.29, 0.717) is 0 Å². The summed E-state index contributed by atoms with van der Waals surface area (Å²) >= 11 is 3.63. The number of hydrogen-bond acceptors (Lipinski definition) is 0. The van der Waals surface area contributed by atoms with E-state index in [0.717, 1.165) is 0 Å². The highest BCUT2D eigenvalue weighted by Gasteiger charge is 2.32. The predicted octanol–water partition coefficient (Wildman–Crippen LogP) is 5.09. The number of fused-ring (bicyclic) bond motifs is 1. The molecule has 0 saturated carbocycles. The summed E-state index contributed by atoms with van der Waals surface area (Å²) in [6.45, 7) is 4.43. The van der Waals surface area contributed by atoms with Gasteiger partial charge in [-0.25, -0.2) is 0 Å². The van der Waals surface area contributed by atoms with E-state index in [9.17, 15) is 0 Å². The Morgan fingerprint density at radius 3 is 2.61 bits per heavy atom. The third kappa shape index (κ3) is 1.65. The maximum Gasteiger partial charge on any atom is 0.0363 e. The van der Waals surface area contributed by atoms with E-state index in [1.165, 1.54) is 26.7 Å². The zero-order chi connectivity index (χ0) is 12.8. The molecule has 0 aliphatic heterocycles. The number of halogens is 1. The van der Waals surface area contributed by atoms with Gasteiger partial charge in [-0.15, -0.1) is 0 Å². The van der Waals surface area contributed by atoms with E-state index in [2.05, 4.69) is 84.4 Å². The van der Waals surface area contributed by atoms with Crippen molar-refractivity contribution in [2.75, 3.05) is 0 Å². The van der Waals surface area contributed by atoms with Crippen LogP contribution in [0.1, 0.15) is 29.2 Å². The predicted molar refractivity (Wildman–Crippen MR) is 80.8 cm³/mol. The lowest BCUT2D eigenvalue weighted by Gasteiger charge is -2.25. The Morgan fingerprint density at radius 2 is 1.83 bits per heavy atom. The van der Waals surface area contributed by atoms with Crippen molar-refractivity contribution in [3.8, 4) is 0 Å². The summed E-state index contributed by atoms with van der Waals surface area (Å²) in [7, 11) is 0. The highest BCUT2D eigenvalue weighted by molar-refractivity contribution is 9.10. The second-order valence-corrected chi connectivity index (χ2v) is 5.96. The van der Waals surface area contributed by atoms with Crippen molar-refractivity contribution in [1.82, 2.24) is 0 Å². The zero-order valence-electron chi connectivity index (χ0n) is 10.6. The fourth-order valence-electron chi connectivity index (χ4n) is 2.72. The van der Waals surface area contributed by atoms with Gasteiger partial charge in [0.2, 0.25) is 0 Å². The molecule has 0 bridgehead atoms. The van der Waals surface area contributed by atoms with Crippen molar-refractivity contribution in [2.24, 2.45) is 0 Å². The van der Waals surface area contributed by atoms with E-state index in [-0.39, 0.29) is 5.41 Å². The Kier molecular flexibility index (Phi) is 2.67. The van der Waals surface area contributed by atoms with Crippen LogP contribution in [0.25, 0.3) is 6.08 Å². The third-order valence-corrected chi connectivity index (χ3v) is 4.51. The van der Waals surface area contributed by atoms with Crippen LogP contribution in [0.5, 0.6) is 0 Å². The van der Waals surface area contributed by atoms with Crippen molar-refractivity contribution in [3.05, 3.63) is 75.3 Å². The van der Waals surface area contributed by atoms with Crippen LogP contribution in [0.3, 0.4) is 0 Å². The number of benzene rings is 2. The largest absolute Gasteiger partial charge is 0.0692 e. The smallest absolute Gasteiger partial charge is 0.0363 e. The van der Waals surface area contributed by atoms with E-state index in [1.54, 1.807) is 0 Å². The monoisotopic (exact) mass is 298 g/mol. The van der Waals surface area contributed by atoms with E-state index >= 15 is 0 Å². The van der Waals surface area contributed by atoms with Gasteiger partial charge in [0, 0.05) is 9.89 Å². The van der Waals surface area contributed by atoms with Gasteiger partial charge >= 0.3 is 0 Å². The molecule has 0 heterocycles. The second kappa shape index (κ2) is 4.10. The van der Waals surface area contributed by atoms with Gasteiger partial charge in [-0.1, -0.05) is 70.0 Å². The van der Waals surface area contributed by atoms with Gasteiger partial charge in [0.1, 0.15) is 0 Å². The van der Waals surface area contributed by atoms with Gasteiger partial charge in [-0.3, -0.25) is 0 Å². The molecular weight excluding hydrogens is 284 g/mol. The number of hydrogen-bond donors (Lipinski definition) is 0. The zero-order valence-corrected chi connectivity index (χ0v) is 12.2. The molecule has 0 N–H and O–H groups in total. The van der Waals surface area contributed by atoms with Gasteiger partial charge < -0.3 is 0 Å². The molecule has 0 spiro atoms. The average molecular weight is 299 g/mol. The van der Waals surface area contributed by atoms with Crippen LogP contribution < -0.4 is 0 Å². The molecular formula is C17H15Br. The molecule has 1 aliphatic rings. The summed E-state index contributed by atoms with van der Waals surface area (Å²) < 4.78 is 1.17. The Balaban J connectivity index is 2.21. The molecule has 0 radical (unpaired) electrons. The quantitative estimate of drug-likeness (QED) is 0.688. The SMILES string of the molecule is Cc1cccc(C2(C)C=Cc3c(Br)cccc32)c1. The third-order valence-electron chi connectivity index (χ3n) is 3.81. The van der Waals surface area contributed by atoms with Crippen molar-refractivity contribution < 1.29 is 0 Å². The Bertz CT molecular complexity index is 640. The van der Waals surface area contributed by atoms with Crippen molar-refractivity contribution >= 4 is 22.0 Å². The summed E-state index contributed by atoms with van der Waals surface area (Å²) in [6.07, 6.45) is 4.53. The van der Waals surface area contributed by atoms with Gasteiger partial charge in [-0.2, -0.15) is 0 Å². The minimum atomic E-state index is -0.00880. The van der Waals surface area contributed by atoms with Crippen molar-refractivity contribution in [3.63, 3.8) is 0 Å². The molecule has 1 atom stereocenters. The summed E-state index contributed by atoms with van der Waals surface area (Å²) in [4.78, 5) is 0. The van der Waals surface area contributed by atoms with Crippen molar-refractivity contribution in [2.45, 2.75) is 19.3 Å². The van der Waals surface area contributed by atoms with Crippen LogP contribution in [-0.4, -0.2) is 0 Å². The molecule has 0 fully saturated rings. The summed E-state index contributed by atoms with van der Waals surface area (Å²) in [6, 6.07) is 15.2. The Morgan fingerprint density at radius 1 is 1.06 bits per heavy atom. The number of rotatable bonds is 1. The molecule has 1 unspecified atom stereocenters. The molecule has 3 rings (SSSR count). The Hall–Kier alpha value is -1.34. The van der Waals surface area contributed by atoms with E-state index < -0.39 is 0 Å². The molecule has 0 aromatic heterocycles. The lowest BCUT2D eigenvalue weighted by Crippen LogP contribution is -2.18. The lowest BCUT2D eigenvalue weighted by molar-refractivity contribution is 0.737. The van der Waals surface area contributed by atoms with Gasteiger partial charge in [0.05, 0.1) is 0 Å². The minimum Gasteiger partial charge on any atom is -0.0692 e. The van der Waals surface area contributed by atoms with E-state index in [1.807, 2.05) is 0 Å². The molecule has 0 saturated heterocycles. The minimum absolute atomic E-state index is 0.00880. The number of allylic oxidation sites excluding steroid dienone is 1. The summed E-state index contributed by atoms with van der Waals surface area (Å²) in [5.74, 6) is 0. The van der Waals surface area contributed by atoms with Crippen LogP contribution in [0.4, 0.5) is 0 Å². The average Bonchev–Trinajstić information content (AvgIpc) is 2.70. The Labute approximate surface area is 116 Å². The van der Waals surface area contributed by atoms with Crippen LogP contribution >= 0.6 is 15.9 Å². The van der Waals surface area contributed by atoms with Crippen molar-refractivity contribution in [1.29, 1.82) is 0 Å². The normalized spacial score (nSPS) is 21.1. The first-order valence-electron chi connectivity index (χ1n) is 6.17. The van der Waals surface area contributed by atoms with Gasteiger partial charge in [-0.05, 0) is 36.6 Å². The first kappa shape index (κ1) is 11.7. The molecule has 1 aliphatic carbocycles. The van der Waals surface area contributed by atoms with E-state index in [4.69, 9.17) is 0 Å². The first-order valence-corrected chi connectivity index (χ1v) is 6.96. The highest BCUT2D eigenvalue weighted by atomic mass is 79.9. The van der Waals surface area contributed by atoms with Crippen LogP contribution in [0.15, 0.2) is 53.0 Å². The fourth-order valence-corrected chi connectivity index (χ4v) is 3.22. The molecule has 0 amide bonds. The molecule has 2 aromatic carbocycles. The topological polar surface area (TPSA) is 0 Å². The van der Waals surface area contributed by atoms with Crippen LogP contribution in [0, 0.1) is 6.92 Å². The summed E-state index contributed by atoms with van der Waals surface area (Å²) in [5, 5.41) is 0. The number of aryl methyl sites for hydroxylation is 1. The molecule has 0 nitrogen and oxygen atoms in total. The molecule has 18 heavy (non-hydrogen) atoms. The molecule has 2 aromatic rings. The van der Waals surface area contributed by atoms with Gasteiger partial charge in [0.25, 0.3) is 0 Å². The van der Waals surface area contributed by atoms with Gasteiger partial charge in [0.15, 0.2) is 0 Å². The fraction of sp³-hybridized carbons (Fsp3) is 0.176. The standard InChI is InChI=1S/C17H15Br/c1-12-5-3-6-13(11-12)17(2)10-9-14-15(17)7-4-8-16(14)18/h3-11H,1-2H3. The second-order valence-electron chi connectivity index (χ2n) is 5.11. The molecule has 90 valence electrons. The maximum absolute atomic E-state index is 3.63. The lowest BCUT2D eigenvalue weighted by atomic mass is 9.78.